The maximum Gasteiger partial charge on any atom is 0.307 e. The molecule has 3 heteroatoms. The molecular formula is C13H16O3. The van der Waals surface area contributed by atoms with E-state index in [0.29, 0.717) is 12.8 Å². The summed E-state index contributed by atoms with van der Waals surface area (Å²) in [5, 5.41) is 9.03. The number of carbonyl (C=O) groups is 2. The molecule has 0 saturated carbocycles. The molecule has 0 fully saturated rings. The third kappa shape index (κ3) is 3.85. The van der Waals surface area contributed by atoms with Crippen LogP contribution in [-0.4, -0.2) is 16.9 Å². The zero-order valence-electron chi connectivity index (χ0n) is 9.35. The molecule has 0 saturated heterocycles. The SMILES string of the molecule is CCC(=O)C[C@@H](Cc1ccccc1)C(=O)O. The van der Waals surface area contributed by atoms with Crippen molar-refractivity contribution in [2.24, 2.45) is 5.92 Å². The normalized spacial score (nSPS) is 12.1. The highest BCUT2D eigenvalue weighted by molar-refractivity contribution is 5.83. The molecule has 3 nitrogen and oxygen atoms in total. The highest BCUT2D eigenvalue weighted by Crippen LogP contribution is 2.13. The van der Waals surface area contributed by atoms with Gasteiger partial charge >= 0.3 is 5.97 Å². The number of hydrogen-bond donors (Lipinski definition) is 1. The van der Waals surface area contributed by atoms with Gasteiger partial charge in [-0.3, -0.25) is 9.59 Å². The van der Waals surface area contributed by atoms with Gasteiger partial charge in [0.05, 0.1) is 5.92 Å². The number of benzene rings is 1. The number of carboxylic acid groups (broad SMARTS) is 1. The van der Waals surface area contributed by atoms with E-state index in [1.807, 2.05) is 30.3 Å². The minimum absolute atomic E-state index is 0.00308. The van der Waals surface area contributed by atoms with Gasteiger partial charge in [-0.25, -0.2) is 0 Å². The summed E-state index contributed by atoms with van der Waals surface area (Å²) in [6.07, 6.45) is 0.946. The van der Waals surface area contributed by atoms with Crippen LogP contribution < -0.4 is 0 Å². The number of carbonyl (C=O) groups excluding carboxylic acids is 1. The number of aliphatic carboxylic acids is 1. The first-order valence-corrected chi connectivity index (χ1v) is 5.42. The van der Waals surface area contributed by atoms with Gasteiger partial charge in [0.2, 0.25) is 0 Å². The Morgan fingerprint density at radius 3 is 2.38 bits per heavy atom. The lowest BCUT2D eigenvalue weighted by Crippen LogP contribution is -2.20. The number of hydrogen-bond acceptors (Lipinski definition) is 2. The van der Waals surface area contributed by atoms with Crippen LogP contribution in [-0.2, 0) is 16.0 Å². The van der Waals surface area contributed by atoms with Gasteiger partial charge in [0.15, 0.2) is 0 Å². The minimum Gasteiger partial charge on any atom is -0.481 e. The van der Waals surface area contributed by atoms with Crippen molar-refractivity contribution in [3.05, 3.63) is 35.9 Å². The van der Waals surface area contributed by atoms with Gasteiger partial charge in [-0.2, -0.15) is 0 Å². The molecule has 0 aromatic heterocycles. The third-order valence-electron chi connectivity index (χ3n) is 2.54. The van der Waals surface area contributed by atoms with Crippen LogP contribution in [0, 0.1) is 5.92 Å². The first-order valence-electron chi connectivity index (χ1n) is 5.42. The summed E-state index contributed by atoms with van der Waals surface area (Å²) in [7, 11) is 0. The summed E-state index contributed by atoms with van der Waals surface area (Å²) in [5.74, 6) is -1.50. The molecule has 0 unspecified atom stereocenters. The van der Waals surface area contributed by atoms with Crippen LogP contribution in [0.4, 0.5) is 0 Å². The topological polar surface area (TPSA) is 54.4 Å². The van der Waals surface area contributed by atoms with Gasteiger partial charge in [-0.15, -0.1) is 0 Å². The Balaban J connectivity index is 2.65. The number of rotatable bonds is 6. The zero-order valence-corrected chi connectivity index (χ0v) is 9.35. The summed E-state index contributed by atoms with van der Waals surface area (Å²) < 4.78 is 0. The van der Waals surface area contributed by atoms with E-state index in [9.17, 15) is 9.59 Å². The van der Waals surface area contributed by atoms with E-state index in [4.69, 9.17) is 5.11 Å². The third-order valence-corrected chi connectivity index (χ3v) is 2.54. The summed E-state index contributed by atoms with van der Waals surface area (Å²) in [6, 6.07) is 9.39. The van der Waals surface area contributed by atoms with Crippen molar-refractivity contribution in [3.8, 4) is 0 Å². The average molecular weight is 220 g/mol. The zero-order chi connectivity index (χ0) is 12.0. The second-order valence-electron chi connectivity index (χ2n) is 3.82. The number of Topliss-reactive ketones (excluding diaryl/α,β-unsaturated/α-hetero) is 1. The first kappa shape index (κ1) is 12.4. The molecule has 0 radical (unpaired) electrons. The van der Waals surface area contributed by atoms with Crippen LogP contribution >= 0.6 is 0 Å². The number of carboxylic acids is 1. The van der Waals surface area contributed by atoms with Crippen LogP contribution in [0.15, 0.2) is 30.3 Å². The van der Waals surface area contributed by atoms with Crippen LogP contribution in [0.2, 0.25) is 0 Å². The molecule has 0 heterocycles. The van der Waals surface area contributed by atoms with Crippen LogP contribution in [0.5, 0.6) is 0 Å². The summed E-state index contributed by atoms with van der Waals surface area (Å²) in [4.78, 5) is 22.3. The molecule has 0 aliphatic rings. The van der Waals surface area contributed by atoms with Crippen LogP contribution in [0.25, 0.3) is 0 Å². The Morgan fingerprint density at radius 2 is 1.88 bits per heavy atom. The molecule has 16 heavy (non-hydrogen) atoms. The standard InChI is InChI=1S/C13H16O3/c1-2-12(14)9-11(13(15)16)8-10-6-4-3-5-7-10/h3-7,11H,2,8-9H2,1H3,(H,15,16)/t11-/m1/s1. The monoisotopic (exact) mass is 220 g/mol. The second-order valence-corrected chi connectivity index (χ2v) is 3.82. The molecule has 86 valence electrons. The van der Waals surface area contributed by atoms with E-state index < -0.39 is 11.9 Å². The van der Waals surface area contributed by atoms with Gasteiger partial charge in [0.25, 0.3) is 0 Å². The van der Waals surface area contributed by atoms with E-state index in [1.54, 1.807) is 6.92 Å². The second kappa shape index (κ2) is 6.05. The molecule has 1 aromatic carbocycles. The van der Waals surface area contributed by atoms with Crippen molar-refractivity contribution < 1.29 is 14.7 Å². The first-order chi connectivity index (χ1) is 7.63. The molecule has 0 bridgehead atoms. The van der Waals surface area contributed by atoms with E-state index in [1.165, 1.54) is 0 Å². The Bertz CT molecular complexity index is 357. The highest BCUT2D eigenvalue weighted by atomic mass is 16.4. The Labute approximate surface area is 95.1 Å². The molecule has 0 amide bonds. The predicted molar refractivity (Wildman–Crippen MR) is 61.2 cm³/mol. The fourth-order valence-electron chi connectivity index (χ4n) is 1.56. The van der Waals surface area contributed by atoms with Crippen LogP contribution in [0.3, 0.4) is 0 Å². The van der Waals surface area contributed by atoms with Gasteiger partial charge < -0.3 is 5.11 Å². The largest absolute Gasteiger partial charge is 0.481 e. The van der Waals surface area contributed by atoms with E-state index in [2.05, 4.69) is 0 Å². The molecule has 1 aromatic rings. The van der Waals surface area contributed by atoms with E-state index in [-0.39, 0.29) is 12.2 Å². The summed E-state index contributed by atoms with van der Waals surface area (Å²) >= 11 is 0. The molecule has 1 atom stereocenters. The van der Waals surface area contributed by atoms with Crippen molar-refractivity contribution in [1.82, 2.24) is 0 Å². The summed E-state index contributed by atoms with van der Waals surface area (Å²) in [5.41, 5.74) is 0.957. The van der Waals surface area contributed by atoms with E-state index in [0.717, 1.165) is 5.56 Å². The van der Waals surface area contributed by atoms with Crippen molar-refractivity contribution in [3.63, 3.8) is 0 Å². The smallest absolute Gasteiger partial charge is 0.307 e. The fourth-order valence-corrected chi connectivity index (χ4v) is 1.56. The molecular weight excluding hydrogens is 204 g/mol. The lowest BCUT2D eigenvalue weighted by Gasteiger charge is -2.10. The molecule has 1 rings (SSSR count). The van der Waals surface area contributed by atoms with E-state index >= 15 is 0 Å². The number of ketones is 1. The molecule has 0 aliphatic heterocycles. The Morgan fingerprint density at radius 1 is 1.25 bits per heavy atom. The molecule has 0 aliphatic carbocycles. The molecule has 0 spiro atoms. The highest BCUT2D eigenvalue weighted by Gasteiger charge is 2.20. The quantitative estimate of drug-likeness (QED) is 0.800. The van der Waals surface area contributed by atoms with Gasteiger partial charge in [-0.05, 0) is 12.0 Å². The minimum atomic E-state index is -0.898. The fraction of sp³-hybridized carbons (Fsp3) is 0.385. The van der Waals surface area contributed by atoms with Gasteiger partial charge in [0.1, 0.15) is 5.78 Å². The lowest BCUT2D eigenvalue weighted by molar-refractivity contribution is -0.143. The predicted octanol–water partition coefficient (Wildman–Crippen LogP) is 2.30. The van der Waals surface area contributed by atoms with Crippen molar-refractivity contribution in [2.45, 2.75) is 26.2 Å². The maximum atomic E-state index is 11.3. The summed E-state index contributed by atoms with van der Waals surface area (Å²) in [6.45, 7) is 1.75. The van der Waals surface area contributed by atoms with Gasteiger partial charge in [-0.1, -0.05) is 37.3 Å². The van der Waals surface area contributed by atoms with Crippen LogP contribution in [0.1, 0.15) is 25.3 Å². The maximum absolute atomic E-state index is 11.3. The van der Waals surface area contributed by atoms with Crippen molar-refractivity contribution in [2.75, 3.05) is 0 Å². The lowest BCUT2D eigenvalue weighted by atomic mass is 9.94. The van der Waals surface area contributed by atoms with Crippen molar-refractivity contribution in [1.29, 1.82) is 0 Å². The van der Waals surface area contributed by atoms with Gasteiger partial charge in [0, 0.05) is 12.8 Å². The average Bonchev–Trinajstić information content (AvgIpc) is 2.29. The Hall–Kier alpha value is -1.64. The molecule has 1 N–H and O–H groups in total. The Kier molecular flexibility index (Phi) is 4.70. The van der Waals surface area contributed by atoms with Crippen molar-refractivity contribution >= 4 is 11.8 Å².